The van der Waals surface area contributed by atoms with Crippen LogP contribution in [0.1, 0.15) is 24.8 Å². The molecule has 23 heavy (non-hydrogen) atoms. The Labute approximate surface area is 140 Å². The number of piperazine rings is 1. The summed E-state index contributed by atoms with van der Waals surface area (Å²) in [7, 11) is 1.35. The number of carbonyl (C=O) groups is 2. The van der Waals surface area contributed by atoms with Crippen LogP contribution in [0.3, 0.4) is 0 Å². The quantitative estimate of drug-likeness (QED) is 0.832. The number of nitrogens with zero attached hydrogens (tertiary/aromatic N) is 1. The molecule has 5 nitrogen and oxygen atoms in total. The Balaban J connectivity index is 1.75. The number of benzene rings is 1. The lowest BCUT2D eigenvalue weighted by Gasteiger charge is -2.37. The van der Waals surface area contributed by atoms with Gasteiger partial charge in [0.25, 0.3) is 0 Å². The summed E-state index contributed by atoms with van der Waals surface area (Å²) in [6.07, 6.45) is 2.29. The number of carbonyl (C=O) groups excluding carboxylic acids is 2. The van der Waals surface area contributed by atoms with Crippen LogP contribution in [0.5, 0.6) is 0 Å². The van der Waals surface area contributed by atoms with E-state index in [2.05, 4.69) is 22.3 Å². The van der Waals surface area contributed by atoms with Crippen molar-refractivity contribution < 1.29 is 14.3 Å². The normalized spacial score (nSPS) is 23.2. The van der Waals surface area contributed by atoms with Crippen molar-refractivity contribution in [3.63, 3.8) is 0 Å². The maximum absolute atomic E-state index is 12.2. The molecule has 2 aliphatic rings. The predicted octanol–water partition coefficient (Wildman–Crippen LogP) is 1.74. The van der Waals surface area contributed by atoms with E-state index in [-0.39, 0.29) is 23.7 Å². The molecule has 1 saturated heterocycles. The van der Waals surface area contributed by atoms with Gasteiger partial charge in [-0.15, -0.1) is 0 Å². The van der Waals surface area contributed by atoms with Crippen molar-refractivity contribution in [1.82, 2.24) is 10.2 Å². The zero-order chi connectivity index (χ0) is 16.4. The van der Waals surface area contributed by atoms with Crippen molar-refractivity contribution in [1.29, 1.82) is 0 Å². The summed E-state index contributed by atoms with van der Waals surface area (Å²) in [6, 6.07) is 7.50. The number of methoxy groups -OCH3 is 1. The highest BCUT2D eigenvalue weighted by atomic mass is 35.5. The predicted molar refractivity (Wildman–Crippen MR) is 87.4 cm³/mol. The summed E-state index contributed by atoms with van der Waals surface area (Å²) in [5, 5.41) is 3.57. The third-order valence-corrected chi connectivity index (χ3v) is 5.10. The average Bonchev–Trinajstić information content (AvgIpc) is 3.32. The summed E-state index contributed by atoms with van der Waals surface area (Å²) in [4.78, 5) is 25.9. The van der Waals surface area contributed by atoms with Gasteiger partial charge in [0.05, 0.1) is 19.6 Å². The molecule has 124 valence electrons. The Morgan fingerprint density at radius 1 is 1.39 bits per heavy atom. The summed E-state index contributed by atoms with van der Waals surface area (Å²) in [6.45, 7) is 2.15. The van der Waals surface area contributed by atoms with E-state index in [9.17, 15) is 9.59 Å². The Morgan fingerprint density at radius 3 is 2.70 bits per heavy atom. The van der Waals surface area contributed by atoms with Gasteiger partial charge in [0, 0.05) is 30.1 Å². The summed E-state index contributed by atoms with van der Waals surface area (Å²) < 4.78 is 4.73. The number of halogens is 1. The van der Waals surface area contributed by atoms with E-state index in [1.54, 1.807) is 0 Å². The van der Waals surface area contributed by atoms with Crippen LogP contribution in [0.15, 0.2) is 24.3 Å². The standard InChI is InChI=1S/C17H21ClN2O3/c1-23-15(21)10-14-16(22)19-8-9-20(14)11-17(6-7-17)12-2-4-13(18)5-3-12/h2-5,14H,6-11H2,1H3,(H,19,22). The topological polar surface area (TPSA) is 58.6 Å². The van der Waals surface area contributed by atoms with Crippen LogP contribution in [0.25, 0.3) is 0 Å². The van der Waals surface area contributed by atoms with Crippen LogP contribution >= 0.6 is 11.6 Å². The molecular formula is C17H21ClN2O3. The highest BCUT2D eigenvalue weighted by Crippen LogP contribution is 2.49. The fourth-order valence-corrected chi connectivity index (χ4v) is 3.42. The molecule has 1 aromatic carbocycles. The zero-order valence-electron chi connectivity index (χ0n) is 13.2. The molecule has 1 aliphatic heterocycles. The van der Waals surface area contributed by atoms with Crippen molar-refractivity contribution in [2.24, 2.45) is 0 Å². The minimum Gasteiger partial charge on any atom is -0.469 e. The Hall–Kier alpha value is -1.59. The van der Waals surface area contributed by atoms with E-state index >= 15 is 0 Å². The maximum atomic E-state index is 12.2. The average molecular weight is 337 g/mol. The van der Waals surface area contributed by atoms with Gasteiger partial charge in [0.1, 0.15) is 0 Å². The van der Waals surface area contributed by atoms with Crippen molar-refractivity contribution in [2.75, 3.05) is 26.7 Å². The van der Waals surface area contributed by atoms with Crippen LogP contribution in [0.2, 0.25) is 5.02 Å². The minimum absolute atomic E-state index is 0.0799. The highest BCUT2D eigenvalue weighted by Gasteiger charge is 2.47. The van der Waals surface area contributed by atoms with Crippen molar-refractivity contribution in [2.45, 2.75) is 30.7 Å². The monoisotopic (exact) mass is 336 g/mol. The molecule has 0 radical (unpaired) electrons. The molecule has 1 aliphatic carbocycles. The van der Waals surface area contributed by atoms with E-state index in [1.165, 1.54) is 12.7 Å². The molecule has 1 amide bonds. The minimum atomic E-state index is -0.444. The SMILES string of the molecule is COC(=O)CC1C(=O)NCCN1CC1(c2ccc(Cl)cc2)CC1. The molecule has 0 spiro atoms. The molecule has 3 rings (SSSR count). The van der Waals surface area contributed by atoms with Gasteiger partial charge in [0.15, 0.2) is 0 Å². The van der Waals surface area contributed by atoms with E-state index in [4.69, 9.17) is 16.3 Å². The molecular weight excluding hydrogens is 316 g/mol. The van der Waals surface area contributed by atoms with Gasteiger partial charge in [-0.2, -0.15) is 0 Å². The van der Waals surface area contributed by atoms with Gasteiger partial charge >= 0.3 is 5.97 Å². The molecule has 1 atom stereocenters. The first-order valence-electron chi connectivity index (χ1n) is 7.89. The first-order chi connectivity index (χ1) is 11.0. The lowest BCUT2D eigenvalue weighted by atomic mass is 9.94. The Morgan fingerprint density at radius 2 is 2.09 bits per heavy atom. The highest BCUT2D eigenvalue weighted by molar-refractivity contribution is 6.30. The number of hydrogen-bond donors (Lipinski definition) is 1. The summed E-state index contributed by atoms with van der Waals surface area (Å²) >= 11 is 5.97. The van der Waals surface area contributed by atoms with E-state index < -0.39 is 6.04 Å². The number of ether oxygens (including phenoxy) is 1. The second-order valence-electron chi connectivity index (χ2n) is 6.34. The molecule has 1 N–H and O–H groups in total. The number of nitrogens with one attached hydrogen (secondary N) is 1. The van der Waals surface area contributed by atoms with E-state index in [0.717, 1.165) is 31.0 Å². The van der Waals surface area contributed by atoms with E-state index in [1.807, 2.05) is 12.1 Å². The molecule has 1 unspecified atom stereocenters. The first-order valence-corrected chi connectivity index (χ1v) is 8.26. The molecule has 2 fully saturated rings. The largest absolute Gasteiger partial charge is 0.469 e. The fraction of sp³-hybridized carbons (Fsp3) is 0.529. The first kappa shape index (κ1) is 16.3. The van der Waals surface area contributed by atoms with Gasteiger partial charge in [-0.25, -0.2) is 0 Å². The van der Waals surface area contributed by atoms with Gasteiger partial charge in [0.2, 0.25) is 5.91 Å². The molecule has 0 aromatic heterocycles. The number of hydrogen-bond acceptors (Lipinski definition) is 4. The van der Waals surface area contributed by atoms with Crippen LogP contribution in [0.4, 0.5) is 0 Å². The van der Waals surface area contributed by atoms with Crippen molar-refractivity contribution >= 4 is 23.5 Å². The lowest BCUT2D eigenvalue weighted by Crippen LogP contribution is -2.57. The molecule has 1 heterocycles. The third kappa shape index (κ3) is 3.51. The lowest BCUT2D eigenvalue weighted by molar-refractivity contribution is -0.146. The summed E-state index contributed by atoms with van der Waals surface area (Å²) in [5.41, 5.74) is 1.33. The number of rotatable bonds is 5. The zero-order valence-corrected chi connectivity index (χ0v) is 13.9. The smallest absolute Gasteiger partial charge is 0.307 e. The molecule has 0 bridgehead atoms. The van der Waals surface area contributed by atoms with Crippen LogP contribution in [-0.4, -0.2) is 49.6 Å². The Bertz CT molecular complexity index is 598. The molecule has 1 aromatic rings. The fourth-order valence-electron chi connectivity index (χ4n) is 3.30. The number of esters is 1. The second kappa shape index (κ2) is 6.49. The van der Waals surface area contributed by atoms with Crippen LogP contribution < -0.4 is 5.32 Å². The molecule has 6 heteroatoms. The van der Waals surface area contributed by atoms with Crippen molar-refractivity contribution in [3.05, 3.63) is 34.9 Å². The maximum Gasteiger partial charge on any atom is 0.307 e. The van der Waals surface area contributed by atoms with Crippen LogP contribution in [0, 0.1) is 0 Å². The van der Waals surface area contributed by atoms with Gasteiger partial charge < -0.3 is 10.1 Å². The summed E-state index contributed by atoms with van der Waals surface area (Å²) in [5.74, 6) is -0.443. The number of amides is 1. The third-order valence-electron chi connectivity index (χ3n) is 4.85. The molecule has 1 saturated carbocycles. The second-order valence-corrected chi connectivity index (χ2v) is 6.78. The van der Waals surface area contributed by atoms with Gasteiger partial charge in [-0.3, -0.25) is 14.5 Å². The van der Waals surface area contributed by atoms with Gasteiger partial charge in [-0.05, 0) is 30.5 Å². The van der Waals surface area contributed by atoms with Crippen molar-refractivity contribution in [3.8, 4) is 0 Å². The Kier molecular flexibility index (Phi) is 4.60. The van der Waals surface area contributed by atoms with Gasteiger partial charge in [-0.1, -0.05) is 23.7 Å². The van der Waals surface area contributed by atoms with E-state index in [0.29, 0.717) is 6.54 Å². The van der Waals surface area contributed by atoms with Crippen LogP contribution in [-0.2, 0) is 19.7 Å².